The van der Waals surface area contributed by atoms with Gasteiger partial charge in [0.25, 0.3) is 10.1 Å². The highest BCUT2D eigenvalue weighted by atomic mass is 32.2. The average molecular weight is 322 g/mol. The molecule has 2 bridgehead atoms. The van der Waals surface area contributed by atoms with Crippen molar-refractivity contribution in [2.24, 2.45) is 16.7 Å². The summed E-state index contributed by atoms with van der Waals surface area (Å²) in [7, 11) is -4.39. The summed E-state index contributed by atoms with van der Waals surface area (Å²) in [6, 6.07) is 7.13. The van der Waals surface area contributed by atoms with Gasteiger partial charge in [-0.15, -0.1) is 0 Å². The number of aryl methyl sites for hydroxylation is 1. The molecule has 120 valence electrons. The van der Waals surface area contributed by atoms with Gasteiger partial charge in [-0.25, -0.2) is 0 Å². The van der Waals surface area contributed by atoms with Crippen molar-refractivity contribution in [3.8, 4) is 0 Å². The predicted molar refractivity (Wildman–Crippen MR) is 84.0 cm³/mol. The van der Waals surface area contributed by atoms with Gasteiger partial charge < -0.3 is 0 Å². The molecule has 1 N–H and O–H groups in total. The molecule has 4 nitrogen and oxygen atoms in total. The molecule has 2 aliphatic carbocycles. The summed E-state index contributed by atoms with van der Waals surface area (Å²) < 4.78 is 34.6. The second-order valence-corrected chi connectivity index (χ2v) is 8.81. The SMILES string of the molecule is Cc1ccccc1C(C12CCC(CC1=O)C2(C)C)S(=O)(=O)O. The fourth-order valence-corrected chi connectivity index (χ4v) is 6.53. The predicted octanol–water partition coefficient (Wildman–Crippen LogP) is 3.32. The standard InChI is InChI=1S/C17H22O4S/c1-11-6-4-5-7-13(11)15(22(19,20)21)17-9-8-12(10-14(17)18)16(17,2)3/h4-7,12,15H,8-10H2,1-3H3,(H,19,20,21). The summed E-state index contributed by atoms with van der Waals surface area (Å²) in [5.74, 6) is 0.188. The van der Waals surface area contributed by atoms with Crippen LogP contribution in [0.1, 0.15) is 49.5 Å². The first-order valence-electron chi connectivity index (χ1n) is 7.67. The Hall–Kier alpha value is -1.20. The van der Waals surface area contributed by atoms with E-state index in [4.69, 9.17) is 0 Å². The van der Waals surface area contributed by atoms with E-state index in [1.807, 2.05) is 32.9 Å². The van der Waals surface area contributed by atoms with Crippen LogP contribution in [0.2, 0.25) is 0 Å². The Labute approximate surface area is 131 Å². The number of fused-ring (bicyclic) bond motifs is 2. The van der Waals surface area contributed by atoms with E-state index in [-0.39, 0.29) is 11.7 Å². The van der Waals surface area contributed by atoms with E-state index >= 15 is 0 Å². The summed E-state index contributed by atoms with van der Waals surface area (Å²) in [4.78, 5) is 12.8. The van der Waals surface area contributed by atoms with E-state index in [9.17, 15) is 17.8 Å². The summed E-state index contributed by atoms with van der Waals surface area (Å²) in [5.41, 5.74) is -0.100. The molecule has 1 aromatic rings. The Morgan fingerprint density at radius 3 is 2.36 bits per heavy atom. The molecule has 0 amide bonds. The number of rotatable bonds is 3. The van der Waals surface area contributed by atoms with Crippen LogP contribution < -0.4 is 0 Å². The van der Waals surface area contributed by atoms with Crippen molar-refractivity contribution in [1.29, 1.82) is 0 Å². The first-order valence-corrected chi connectivity index (χ1v) is 9.18. The van der Waals surface area contributed by atoms with Gasteiger partial charge in [-0.05, 0) is 42.2 Å². The summed E-state index contributed by atoms with van der Waals surface area (Å²) >= 11 is 0. The lowest BCUT2D eigenvalue weighted by molar-refractivity contribution is -0.129. The lowest BCUT2D eigenvalue weighted by atomic mass is 9.65. The molecule has 22 heavy (non-hydrogen) atoms. The number of carbonyl (C=O) groups excluding carboxylic acids is 1. The fraction of sp³-hybridized carbons (Fsp3) is 0.588. The maximum absolute atomic E-state index is 12.8. The van der Waals surface area contributed by atoms with Crippen molar-refractivity contribution in [1.82, 2.24) is 0 Å². The normalized spacial score (nSPS) is 31.5. The molecule has 0 radical (unpaired) electrons. The van der Waals surface area contributed by atoms with Crippen molar-refractivity contribution >= 4 is 15.9 Å². The van der Waals surface area contributed by atoms with Crippen LogP contribution in [0, 0.1) is 23.7 Å². The van der Waals surface area contributed by atoms with Crippen LogP contribution in [0.4, 0.5) is 0 Å². The van der Waals surface area contributed by atoms with E-state index in [0.29, 0.717) is 18.4 Å². The summed E-state index contributed by atoms with van der Waals surface area (Å²) in [6.45, 7) is 5.78. The number of ketones is 1. The molecule has 3 rings (SSSR count). The molecule has 3 atom stereocenters. The summed E-state index contributed by atoms with van der Waals surface area (Å²) in [5, 5.41) is -1.17. The molecule has 0 aliphatic heterocycles. The van der Waals surface area contributed by atoms with E-state index in [2.05, 4.69) is 0 Å². The van der Waals surface area contributed by atoms with E-state index < -0.39 is 26.2 Å². The van der Waals surface area contributed by atoms with Crippen molar-refractivity contribution in [2.45, 2.75) is 45.3 Å². The van der Waals surface area contributed by atoms with Gasteiger partial charge in [0.2, 0.25) is 0 Å². The zero-order valence-electron chi connectivity index (χ0n) is 13.2. The highest BCUT2D eigenvalue weighted by Gasteiger charge is 2.70. The van der Waals surface area contributed by atoms with Crippen LogP contribution >= 0.6 is 0 Å². The van der Waals surface area contributed by atoms with Crippen LogP contribution in [0.3, 0.4) is 0 Å². The number of hydrogen-bond donors (Lipinski definition) is 1. The summed E-state index contributed by atoms with van der Waals surface area (Å²) in [6.07, 6.45) is 1.80. The van der Waals surface area contributed by atoms with Gasteiger partial charge in [0.15, 0.2) is 0 Å². The topological polar surface area (TPSA) is 71.4 Å². The van der Waals surface area contributed by atoms with Crippen LogP contribution in [0.15, 0.2) is 24.3 Å². The lowest BCUT2D eigenvalue weighted by Crippen LogP contribution is -2.44. The highest BCUT2D eigenvalue weighted by molar-refractivity contribution is 7.86. The zero-order valence-corrected chi connectivity index (χ0v) is 14.0. The largest absolute Gasteiger partial charge is 0.299 e. The van der Waals surface area contributed by atoms with Crippen molar-refractivity contribution < 1.29 is 17.8 Å². The monoisotopic (exact) mass is 322 g/mol. The maximum Gasteiger partial charge on any atom is 0.273 e. The zero-order chi connectivity index (χ0) is 16.3. The van der Waals surface area contributed by atoms with Gasteiger partial charge in [0.1, 0.15) is 11.0 Å². The molecular formula is C17H22O4S. The third-order valence-electron chi connectivity index (χ3n) is 6.20. The van der Waals surface area contributed by atoms with Gasteiger partial charge in [0.05, 0.1) is 5.41 Å². The first kappa shape index (κ1) is 15.7. The molecule has 2 saturated carbocycles. The smallest absolute Gasteiger partial charge is 0.273 e. The Morgan fingerprint density at radius 2 is 1.91 bits per heavy atom. The molecular weight excluding hydrogens is 300 g/mol. The third-order valence-corrected chi connectivity index (χ3v) is 7.46. The minimum Gasteiger partial charge on any atom is -0.299 e. The van der Waals surface area contributed by atoms with E-state index in [1.54, 1.807) is 12.1 Å². The minimum absolute atomic E-state index is 0.0142. The van der Waals surface area contributed by atoms with Gasteiger partial charge in [-0.2, -0.15) is 8.42 Å². The lowest BCUT2D eigenvalue weighted by Gasteiger charge is -2.42. The molecule has 2 fully saturated rings. The van der Waals surface area contributed by atoms with Gasteiger partial charge in [0, 0.05) is 6.42 Å². The van der Waals surface area contributed by atoms with E-state index in [0.717, 1.165) is 12.0 Å². The molecule has 0 saturated heterocycles. The first-order chi connectivity index (χ1) is 10.1. The molecule has 5 heteroatoms. The quantitative estimate of drug-likeness (QED) is 0.867. The molecule has 2 aliphatic rings. The van der Waals surface area contributed by atoms with Crippen LogP contribution in [0.5, 0.6) is 0 Å². The molecule has 3 unspecified atom stereocenters. The molecule has 0 heterocycles. The number of benzene rings is 1. The van der Waals surface area contributed by atoms with Gasteiger partial charge in [-0.1, -0.05) is 38.1 Å². The molecule has 0 spiro atoms. The maximum atomic E-state index is 12.8. The molecule has 1 aromatic carbocycles. The van der Waals surface area contributed by atoms with Crippen LogP contribution in [0.25, 0.3) is 0 Å². The Kier molecular flexibility index (Phi) is 3.31. The van der Waals surface area contributed by atoms with Crippen molar-refractivity contribution in [3.63, 3.8) is 0 Å². The number of hydrogen-bond acceptors (Lipinski definition) is 3. The Balaban J connectivity index is 2.29. The second kappa shape index (κ2) is 4.65. The number of carbonyl (C=O) groups is 1. The van der Waals surface area contributed by atoms with Crippen molar-refractivity contribution in [3.05, 3.63) is 35.4 Å². The second-order valence-electron chi connectivity index (χ2n) is 7.31. The minimum atomic E-state index is -4.39. The van der Waals surface area contributed by atoms with Crippen LogP contribution in [-0.2, 0) is 14.9 Å². The van der Waals surface area contributed by atoms with Gasteiger partial charge >= 0.3 is 0 Å². The third kappa shape index (κ3) is 1.85. The fourth-order valence-electron chi connectivity index (χ4n) is 4.89. The highest BCUT2D eigenvalue weighted by Crippen LogP contribution is 2.69. The Morgan fingerprint density at radius 1 is 1.27 bits per heavy atom. The van der Waals surface area contributed by atoms with Crippen molar-refractivity contribution in [2.75, 3.05) is 0 Å². The number of Topliss-reactive ketones (excluding diaryl/α,β-unsaturated/α-hetero) is 1. The van der Waals surface area contributed by atoms with E-state index in [1.165, 1.54) is 0 Å². The molecule has 0 aromatic heterocycles. The van der Waals surface area contributed by atoms with Crippen LogP contribution in [-0.4, -0.2) is 18.8 Å². The average Bonchev–Trinajstić information content (AvgIpc) is 2.74. The van der Waals surface area contributed by atoms with Gasteiger partial charge in [-0.3, -0.25) is 9.35 Å². The Bertz CT molecular complexity index is 735.